The second-order valence-corrected chi connectivity index (χ2v) is 6.02. The summed E-state index contributed by atoms with van der Waals surface area (Å²) in [5.74, 6) is -53.7. The van der Waals surface area contributed by atoms with Gasteiger partial charge >= 0.3 is 47.9 Å². The van der Waals surface area contributed by atoms with E-state index in [-0.39, 0.29) is 0 Å². The summed E-state index contributed by atoms with van der Waals surface area (Å²) < 4.78 is 204. The Morgan fingerprint density at radius 2 is 0.815 bits per heavy atom. The van der Waals surface area contributed by atoms with Crippen LogP contribution < -0.4 is 0 Å². The molecule has 17 heteroatoms. The Labute approximate surface area is 152 Å². The van der Waals surface area contributed by atoms with Crippen LogP contribution in [0.4, 0.5) is 70.2 Å². The first-order valence-corrected chi connectivity index (χ1v) is 7.52. The van der Waals surface area contributed by atoms with Crippen LogP contribution in [-0.4, -0.2) is 52.3 Å². The quantitative estimate of drug-likeness (QED) is 0.173. The maximum atomic E-state index is 13.2. The molecule has 0 aromatic carbocycles. The number of hydrogen-bond acceptors (Lipinski definition) is 0. The molecule has 0 saturated heterocycles. The van der Waals surface area contributed by atoms with Crippen molar-refractivity contribution in [3.05, 3.63) is 0 Å². The molecule has 0 heterocycles. The van der Waals surface area contributed by atoms with Crippen LogP contribution in [0.3, 0.4) is 0 Å². The lowest BCUT2D eigenvalue weighted by atomic mass is 9.88. The molecule has 0 rings (SSSR count). The normalized spacial score (nSPS) is 16.2. The molecule has 0 aliphatic rings. The van der Waals surface area contributed by atoms with E-state index in [1.165, 1.54) is 0 Å². The summed E-state index contributed by atoms with van der Waals surface area (Å²) >= 11 is 0.852. The van der Waals surface area contributed by atoms with Gasteiger partial charge in [0.1, 0.15) is 0 Å². The number of halogens is 17. The minimum Gasteiger partial charge on any atom is -0.203 e. The van der Waals surface area contributed by atoms with Crippen molar-refractivity contribution in [1.29, 1.82) is 0 Å². The van der Waals surface area contributed by atoms with Crippen molar-refractivity contribution in [3.8, 4) is 0 Å². The van der Waals surface area contributed by atoms with Gasteiger partial charge in [0.25, 0.3) is 0 Å². The molecular weight excluding hydrogens is 551 g/mol. The molecule has 0 nitrogen and oxygen atoms in total. The van der Waals surface area contributed by atoms with E-state index < -0.39 is 58.7 Å². The summed E-state index contributed by atoms with van der Waals surface area (Å²) in [5.41, 5.74) is 0. The summed E-state index contributed by atoms with van der Waals surface area (Å²) in [7, 11) is 0. The van der Waals surface area contributed by atoms with Crippen molar-refractivity contribution in [1.82, 2.24) is 0 Å². The minimum absolute atomic E-state index is 0.852. The Bertz CT molecular complexity index is 523. The highest BCUT2D eigenvalue weighted by Gasteiger charge is 2.93. The van der Waals surface area contributed by atoms with E-state index in [0.29, 0.717) is 0 Å². The van der Waals surface area contributed by atoms with E-state index in [0.717, 1.165) is 22.6 Å². The third-order valence-corrected chi connectivity index (χ3v) is 3.68. The molecule has 0 amide bonds. The standard InChI is InChI=1S/C10H5F16I/c11-3(12)5(15,16)7(19,20)9(23,24)10(25,26)8(21,22)6(17,18)4(13,14)1-2-27/h3H,1-2H2. The van der Waals surface area contributed by atoms with Gasteiger partial charge in [-0.15, -0.1) is 0 Å². The van der Waals surface area contributed by atoms with Gasteiger partial charge in [0.2, 0.25) is 0 Å². The third kappa shape index (κ3) is 3.53. The number of hydrogen-bond donors (Lipinski definition) is 0. The van der Waals surface area contributed by atoms with Gasteiger partial charge in [0, 0.05) is 10.8 Å². The van der Waals surface area contributed by atoms with Crippen LogP contribution in [-0.2, 0) is 0 Å². The summed E-state index contributed by atoms with van der Waals surface area (Å²) in [4.78, 5) is 0. The molecule has 0 fully saturated rings. The van der Waals surface area contributed by atoms with E-state index in [2.05, 4.69) is 0 Å². The summed E-state index contributed by atoms with van der Waals surface area (Å²) in [6.07, 6.45) is -8.16. The smallest absolute Gasteiger partial charge is 0.203 e. The monoisotopic (exact) mass is 556 g/mol. The zero-order chi connectivity index (χ0) is 22.5. The zero-order valence-corrected chi connectivity index (χ0v) is 14.1. The molecule has 0 aliphatic carbocycles. The lowest BCUT2D eigenvalue weighted by molar-refractivity contribution is -0.446. The first-order valence-electron chi connectivity index (χ1n) is 5.99. The van der Waals surface area contributed by atoms with Crippen molar-refractivity contribution in [3.63, 3.8) is 0 Å². The lowest BCUT2D eigenvalue weighted by Crippen LogP contribution is -2.73. The van der Waals surface area contributed by atoms with Crippen molar-refractivity contribution in [2.24, 2.45) is 0 Å². The van der Waals surface area contributed by atoms with Crippen LogP contribution in [0.15, 0.2) is 0 Å². The molecule has 0 atom stereocenters. The van der Waals surface area contributed by atoms with Crippen molar-refractivity contribution < 1.29 is 70.2 Å². The predicted molar refractivity (Wildman–Crippen MR) is 64.1 cm³/mol. The van der Waals surface area contributed by atoms with E-state index in [1.807, 2.05) is 0 Å². The first kappa shape index (κ1) is 26.6. The molecule has 0 bridgehead atoms. The fourth-order valence-electron chi connectivity index (χ4n) is 1.44. The van der Waals surface area contributed by atoms with Crippen LogP contribution >= 0.6 is 22.6 Å². The van der Waals surface area contributed by atoms with Crippen LogP contribution in [0.2, 0.25) is 0 Å². The van der Waals surface area contributed by atoms with Crippen LogP contribution in [0.5, 0.6) is 0 Å². The molecule has 164 valence electrons. The van der Waals surface area contributed by atoms with Gasteiger partial charge < -0.3 is 0 Å². The van der Waals surface area contributed by atoms with E-state index >= 15 is 0 Å². The molecule has 0 spiro atoms. The van der Waals surface area contributed by atoms with Gasteiger partial charge in [-0.05, 0) is 0 Å². The van der Waals surface area contributed by atoms with E-state index in [1.54, 1.807) is 0 Å². The topological polar surface area (TPSA) is 0 Å². The molecule has 0 aromatic rings. The Hall–Kier alpha value is -0.390. The molecule has 0 aliphatic heterocycles. The Kier molecular flexibility index (Phi) is 7.04. The van der Waals surface area contributed by atoms with Gasteiger partial charge in [0.15, 0.2) is 0 Å². The highest BCUT2D eigenvalue weighted by molar-refractivity contribution is 14.1. The SMILES string of the molecule is FC(F)C(F)(F)C(F)(F)C(F)(F)C(F)(F)C(F)(F)C(F)(F)C(F)(F)CCI. The lowest BCUT2D eigenvalue weighted by Gasteiger charge is -2.42. The van der Waals surface area contributed by atoms with E-state index in [9.17, 15) is 70.2 Å². The van der Waals surface area contributed by atoms with Crippen molar-refractivity contribution >= 4 is 22.6 Å². The van der Waals surface area contributed by atoms with Crippen LogP contribution in [0.25, 0.3) is 0 Å². The maximum Gasteiger partial charge on any atom is 0.384 e. The maximum absolute atomic E-state index is 13.2. The van der Waals surface area contributed by atoms with Gasteiger partial charge in [-0.25, -0.2) is 8.78 Å². The van der Waals surface area contributed by atoms with Gasteiger partial charge in [0.05, 0.1) is 0 Å². The third-order valence-electron chi connectivity index (χ3n) is 3.14. The predicted octanol–water partition coefficient (Wildman–Crippen LogP) is 6.52. The van der Waals surface area contributed by atoms with E-state index in [4.69, 9.17) is 0 Å². The average molecular weight is 556 g/mol. The average Bonchev–Trinajstić information content (AvgIpc) is 2.45. The van der Waals surface area contributed by atoms with Crippen molar-refractivity contribution in [2.75, 3.05) is 4.43 Å². The Balaban J connectivity index is 6.53. The van der Waals surface area contributed by atoms with Crippen LogP contribution in [0, 0.1) is 0 Å². The highest BCUT2D eigenvalue weighted by Crippen LogP contribution is 2.63. The largest absolute Gasteiger partial charge is 0.384 e. The molecular formula is C10H5F16I. The molecule has 0 aromatic heterocycles. The fraction of sp³-hybridized carbons (Fsp3) is 1.00. The van der Waals surface area contributed by atoms with Gasteiger partial charge in [-0.1, -0.05) is 22.6 Å². The fourth-order valence-corrected chi connectivity index (χ4v) is 2.12. The molecule has 0 unspecified atom stereocenters. The molecule has 0 radical (unpaired) electrons. The highest BCUT2D eigenvalue weighted by atomic mass is 127. The number of alkyl halides is 17. The van der Waals surface area contributed by atoms with Crippen LogP contribution in [0.1, 0.15) is 6.42 Å². The van der Waals surface area contributed by atoms with Crippen molar-refractivity contribution in [2.45, 2.75) is 54.3 Å². The molecule has 0 saturated carbocycles. The Morgan fingerprint density at radius 1 is 0.519 bits per heavy atom. The zero-order valence-electron chi connectivity index (χ0n) is 11.9. The minimum atomic E-state index is -8.31. The second-order valence-electron chi connectivity index (χ2n) is 4.94. The number of rotatable bonds is 9. The summed E-state index contributed by atoms with van der Waals surface area (Å²) in [6, 6.07) is 0. The summed E-state index contributed by atoms with van der Waals surface area (Å²) in [5, 5.41) is 0. The Morgan fingerprint density at radius 3 is 1.11 bits per heavy atom. The summed E-state index contributed by atoms with van der Waals surface area (Å²) in [6.45, 7) is 0. The van der Waals surface area contributed by atoms with Gasteiger partial charge in [-0.2, -0.15) is 61.5 Å². The second kappa shape index (κ2) is 7.14. The molecule has 0 N–H and O–H groups in total. The molecule has 27 heavy (non-hydrogen) atoms. The van der Waals surface area contributed by atoms with Gasteiger partial charge in [-0.3, -0.25) is 0 Å². The first-order chi connectivity index (χ1) is 11.5.